The van der Waals surface area contributed by atoms with E-state index in [-0.39, 0.29) is 36.8 Å². The molecule has 0 radical (unpaired) electrons. The number of rotatable bonds is 7. The highest BCUT2D eigenvalue weighted by atomic mass is 35.5. The van der Waals surface area contributed by atoms with Crippen molar-refractivity contribution >= 4 is 30.7 Å². The molecule has 2 rings (SSSR count). The number of benzene rings is 1. The lowest BCUT2D eigenvalue weighted by Gasteiger charge is -2.13. The molecule has 0 bridgehead atoms. The molecule has 1 heterocycles. The Balaban J connectivity index is 0.00000264. The van der Waals surface area contributed by atoms with Gasteiger partial charge in [-0.2, -0.15) is 0 Å². The largest absolute Gasteiger partial charge is 0.457 e. The first kappa shape index (κ1) is 22.2. The molecule has 2 N–H and O–H groups in total. The summed E-state index contributed by atoms with van der Waals surface area (Å²) in [6, 6.07) is 13.0. The second kappa shape index (κ2) is 11.7. The molecule has 0 aliphatic carbocycles. The highest BCUT2D eigenvalue weighted by Crippen LogP contribution is 2.20. The van der Waals surface area contributed by atoms with Crippen molar-refractivity contribution in [1.82, 2.24) is 15.6 Å². The van der Waals surface area contributed by atoms with E-state index in [0.717, 1.165) is 12.3 Å². The number of hydrogen-bond acceptors (Lipinski definition) is 4. The summed E-state index contributed by atoms with van der Waals surface area (Å²) in [6.45, 7) is 5.48. The monoisotopic (exact) mass is 371 g/mol. The molecule has 5 nitrogen and oxygen atoms in total. The number of hydrogen-bond donors (Lipinski definition) is 2. The molecule has 1 aromatic heterocycles. The molecule has 1 amide bonds. The van der Waals surface area contributed by atoms with Crippen molar-refractivity contribution < 1.29 is 9.53 Å². The third-order valence-corrected chi connectivity index (χ3v) is 3.06. The average Bonchev–Trinajstić information content (AvgIpc) is 2.54. The fraction of sp³-hybridized carbons (Fsp3) is 0.294. The summed E-state index contributed by atoms with van der Waals surface area (Å²) in [4.78, 5) is 16.2. The molecule has 0 unspecified atom stereocenters. The normalized spacial score (nSPS) is 10.8. The summed E-state index contributed by atoms with van der Waals surface area (Å²) in [5.41, 5.74) is 0.345. The zero-order valence-corrected chi connectivity index (χ0v) is 15.3. The third-order valence-electron chi connectivity index (χ3n) is 3.06. The Morgan fingerprint density at radius 3 is 2.54 bits per heavy atom. The topological polar surface area (TPSA) is 63.2 Å². The number of nitrogens with one attached hydrogen (secondary N) is 2. The van der Waals surface area contributed by atoms with Crippen molar-refractivity contribution in [3.8, 4) is 11.5 Å². The zero-order chi connectivity index (χ0) is 15.8. The first-order valence-corrected chi connectivity index (χ1v) is 7.39. The standard InChI is InChI=1S/C17H21N3O2.2ClH/c1-3-18-13(2)12-20-17(21)16-11-15(9-10-19-16)22-14-7-5-4-6-8-14;;/h4-11,13,18H,3,12H2,1-2H3,(H,20,21);2*1H/t13-;;/m1../s1. The number of nitrogens with zero attached hydrogens (tertiary/aromatic N) is 1. The van der Waals surface area contributed by atoms with Gasteiger partial charge in [0.15, 0.2) is 0 Å². The number of carbonyl (C=O) groups excluding carboxylic acids is 1. The molecule has 1 aromatic carbocycles. The second-order valence-electron chi connectivity index (χ2n) is 4.96. The maximum Gasteiger partial charge on any atom is 0.270 e. The van der Waals surface area contributed by atoms with Gasteiger partial charge in [-0.05, 0) is 31.7 Å². The summed E-state index contributed by atoms with van der Waals surface area (Å²) in [6.07, 6.45) is 1.57. The number of para-hydroxylation sites is 1. The van der Waals surface area contributed by atoms with E-state index in [1.807, 2.05) is 44.2 Å². The van der Waals surface area contributed by atoms with E-state index in [2.05, 4.69) is 15.6 Å². The zero-order valence-electron chi connectivity index (χ0n) is 13.7. The van der Waals surface area contributed by atoms with E-state index in [9.17, 15) is 4.79 Å². The van der Waals surface area contributed by atoms with Crippen molar-refractivity contribution in [2.45, 2.75) is 19.9 Å². The number of halogens is 2. The third kappa shape index (κ3) is 7.17. The number of likely N-dealkylation sites (N-methyl/N-ethyl adjacent to an activating group) is 1. The van der Waals surface area contributed by atoms with Crippen LogP contribution in [0.2, 0.25) is 0 Å². The summed E-state index contributed by atoms with van der Waals surface area (Å²) in [5.74, 6) is 1.11. The minimum Gasteiger partial charge on any atom is -0.457 e. The van der Waals surface area contributed by atoms with Gasteiger partial charge in [-0.15, -0.1) is 24.8 Å². The fourth-order valence-electron chi connectivity index (χ4n) is 1.98. The number of amides is 1. The first-order valence-electron chi connectivity index (χ1n) is 7.39. The molecular formula is C17H23Cl2N3O2. The van der Waals surface area contributed by atoms with E-state index in [4.69, 9.17) is 4.74 Å². The summed E-state index contributed by atoms with van der Waals surface area (Å²) in [5, 5.41) is 6.09. The second-order valence-corrected chi connectivity index (χ2v) is 4.96. The highest BCUT2D eigenvalue weighted by molar-refractivity contribution is 5.92. The molecule has 0 fully saturated rings. The quantitative estimate of drug-likeness (QED) is 0.782. The Morgan fingerprint density at radius 1 is 1.17 bits per heavy atom. The van der Waals surface area contributed by atoms with E-state index in [1.54, 1.807) is 18.3 Å². The van der Waals surface area contributed by atoms with Crippen LogP contribution in [0, 0.1) is 0 Å². The molecule has 132 valence electrons. The van der Waals surface area contributed by atoms with Crippen molar-refractivity contribution in [3.05, 3.63) is 54.4 Å². The molecule has 7 heteroatoms. The van der Waals surface area contributed by atoms with E-state index in [1.165, 1.54) is 0 Å². The molecule has 1 atom stereocenters. The SMILES string of the molecule is CCN[C@H](C)CNC(=O)c1cc(Oc2ccccc2)ccn1.Cl.Cl. The summed E-state index contributed by atoms with van der Waals surface area (Å²) >= 11 is 0. The smallest absolute Gasteiger partial charge is 0.270 e. The van der Waals surface area contributed by atoms with Gasteiger partial charge in [-0.25, -0.2) is 0 Å². The van der Waals surface area contributed by atoms with Gasteiger partial charge in [0.1, 0.15) is 17.2 Å². The lowest BCUT2D eigenvalue weighted by Crippen LogP contribution is -2.39. The van der Waals surface area contributed by atoms with Gasteiger partial charge in [-0.3, -0.25) is 9.78 Å². The predicted molar refractivity (Wildman–Crippen MR) is 101 cm³/mol. The highest BCUT2D eigenvalue weighted by Gasteiger charge is 2.10. The molecule has 0 spiro atoms. The van der Waals surface area contributed by atoms with Gasteiger partial charge >= 0.3 is 0 Å². The van der Waals surface area contributed by atoms with Crippen molar-refractivity contribution in [2.24, 2.45) is 0 Å². The predicted octanol–water partition coefficient (Wildman–Crippen LogP) is 3.45. The molecule has 2 aromatic rings. The Labute approximate surface area is 155 Å². The van der Waals surface area contributed by atoms with Crippen LogP contribution in [0.3, 0.4) is 0 Å². The maximum atomic E-state index is 12.1. The van der Waals surface area contributed by atoms with Gasteiger partial charge in [0, 0.05) is 24.8 Å². The number of pyridine rings is 1. The number of ether oxygens (including phenoxy) is 1. The van der Waals surface area contributed by atoms with Crippen LogP contribution in [0.15, 0.2) is 48.7 Å². The van der Waals surface area contributed by atoms with Crippen LogP contribution >= 0.6 is 24.8 Å². The van der Waals surface area contributed by atoms with Crippen molar-refractivity contribution in [1.29, 1.82) is 0 Å². The van der Waals surface area contributed by atoms with Gasteiger partial charge in [-0.1, -0.05) is 25.1 Å². The first-order chi connectivity index (χ1) is 10.7. The molecule has 0 saturated carbocycles. The van der Waals surface area contributed by atoms with Crippen molar-refractivity contribution in [2.75, 3.05) is 13.1 Å². The van der Waals surface area contributed by atoms with E-state index >= 15 is 0 Å². The molecular weight excluding hydrogens is 349 g/mol. The number of carbonyl (C=O) groups is 1. The van der Waals surface area contributed by atoms with Crippen LogP contribution in [-0.4, -0.2) is 30.0 Å². The van der Waals surface area contributed by atoms with Gasteiger partial charge < -0.3 is 15.4 Å². The van der Waals surface area contributed by atoms with Crippen LogP contribution in [0.25, 0.3) is 0 Å². The maximum absolute atomic E-state index is 12.1. The van der Waals surface area contributed by atoms with E-state index in [0.29, 0.717) is 18.0 Å². The Bertz CT molecular complexity index is 612. The average molecular weight is 372 g/mol. The van der Waals surface area contributed by atoms with Crippen LogP contribution in [0.1, 0.15) is 24.3 Å². The van der Waals surface area contributed by atoms with Crippen LogP contribution < -0.4 is 15.4 Å². The minimum absolute atomic E-state index is 0. The van der Waals surface area contributed by atoms with Gasteiger partial charge in [0.2, 0.25) is 0 Å². The Hall–Kier alpha value is -1.82. The molecule has 0 aliphatic rings. The van der Waals surface area contributed by atoms with Gasteiger partial charge in [0.25, 0.3) is 5.91 Å². The molecule has 0 aliphatic heterocycles. The summed E-state index contributed by atoms with van der Waals surface area (Å²) < 4.78 is 5.70. The lowest BCUT2D eigenvalue weighted by atomic mass is 10.3. The molecule has 24 heavy (non-hydrogen) atoms. The lowest BCUT2D eigenvalue weighted by molar-refractivity contribution is 0.0945. The molecule has 0 saturated heterocycles. The summed E-state index contributed by atoms with van der Waals surface area (Å²) in [7, 11) is 0. The van der Waals surface area contributed by atoms with Crippen LogP contribution in [-0.2, 0) is 0 Å². The fourth-order valence-corrected chi connectivity index (χ4v) is 1.98. The van der Waals surface area contributed by atoms with Crippen LogP contribution in [0.5, 0.6) is 11.5 Å². The minimum atomic E-state index is -0.205. The Kier molecular flexibility index (Phi) is 10.8. The van der Waals surface area contributed by atoms with Crippen molar-refractivity contribution in [3.63, 3.8) is 0 Å². The Morgan fingerprint density at radius 2 is 1.88 bits per heavy atom. The number of aromatic nitrogens is 1. The van der Waals surface area contributed by atoms with Gasteiger partial charge in [0.05, 0.1) is 0 Å². The van der Waals surface area contributed by atoms with Crippen LogP contribution in [0.4, 0.5) is 0 Å². The van der Waals surface area contributed by atoms with E-state index < -0.39 is 0 Å².